The zero-order chi connectivity index (χ0) is 11.9. The Morgan fingerprint density at radius 2 is 1.47 bits per heavy atom. The topological polar surface area (TPSA) is 12.4 Å². The average Bonchev–Trinajstić information content (AvgIpc) is 2.39. The molecule has 0 saturated heterocycles. The lowest BCUT2D eigenvalue weighted by atomic mass is 10.2. The molecule has 0 radical (unpaired) electrons. The molecule has 0 atom stereocenters. The van der Waals surface area contributed by atoms with E-state index in [0.29, 0.717) is 5.04 Å². The minimum absolute atomic E-state index is 0.403. The summed E-state index contributed by atoms with van der Waals surface area (Å²) in [6, 6.07) is 19.3. The summed E-state index contributed by atoms with van der Waals surface area (Å²) < 4.78 is 0. The molecule has 0 saturated carbocycles. The average molecular weight is 236 g/mol. The Labute approximate surface area is 107 Å². The van der Waals surface area contributed by atoms with Crippen molar-refractivity contribution in [2.75, 3.05) is 0 Å². The summed E-state index contributed by atoms with van der Waals surface area (Å²) in [6.07, 6.45) is 0. The molecule has 0 aliphatic rings. The van der Waals surface area contributed by atoms with Gasteiger partial charge < -0.3 is 12.6 Å². The first kappa shape index (κ1) is 11.4. The van der Waals surface area contributed by atoms with Crippen LogP contribution in [-0.4, -0.2) is 5.04 Å². The van der Waals surface area contributed by atoms with Crippen molar-refractivity contribution >= 4 is 23.4 Å². The molecule has 0 aliphatic carbocycles. The first-order valence-corrected chi connectivity index (χ1v) is 5.63. The number of hydrogen-bond donors (Lipinski definition) is 0. The zero-order valence-corrected chi connectivity index (χ0v) is 9.95. The molecule has 2 rings (SSSR count). The quantitative estimate of drug-likeness (QED) is 0.320. The van der Waals surface area contributed by atoms with Crippen LogP contribution >= 0.6 is 0 Å². The van der Waals surface area contributed by atoms with E-state index < -0.39 is 0 Å². The molecule has 0 amide bonds. The van der Waals surface area contributed by atoms with Crippen molar-refractivity contribution in [3.05, 3.63) is 66.2 Å². The van der Waals surface area contributed by atoms with E-state index in [1.54, 1.807) is 0 Å². The molecular formula is C15H10NS-. The first-order chi connectivity index (χ1) is 8.34. The van der Waals surface area contributed by atoms with Crippen molar-refractivity contribution in [1.82, 2.24) is 0 Å². The molecule has 82 valence electrons. The van der Waals surface area contributed by atoms with Gasteiger partial charge in [-0.3, -0.25) is 4.99 Å². The van der Waals surface area contributed by atoms with Crippen LogP contribution in [0, 0.1) is 11.8 Å². The number of rotatable bonds is 1. The smallest absolute Gasteiger partial charge is 0.0618 e. The van der Waals surface area contributed by atoms with Gasteiger partial charge in [0.05, 0.1) is 5.69 Å². The summed E-state index contributed by atoms with van der Waals surface area (Å²) in [4.78, 5) is 4.23. The number of hydrogen-bond acceptors (Lipinski definition) is 2. The lowest BCUT2D eigenvalue weighted by Crippen LogP contribution is -1.85. The van der Waals surface area contributed by atoms with Gasteiger partial charge in [0, 0.05) is 5.56 Å². The summed E-state index contributed by atoms with van der Waals surface area (Å²) in [5, 5.41) is 0.403. The van der Waals surface area contributed by atoms with Gasteiger partial charge >= 0.3 is 0 Å². The molecule has 1 nitrogen and oxygen atoms in total. The van der Waals surface area contributed by atoms with Crippen LogP contribution in [0.5, 0.6) is 0 Å². The van der Waals surface area contributed by atoms with Gasteiger partial charge in [-0.15, -0.1) is 0 Å². The van der Waals surface area contributed by atoms with Crippen LogP contribution in [0.15, 0.2) is 65.7 Å². The van der Waals surface area contributed by atoms with Gasteiger partial charge in [0.15, 0.2) is 0 Å². The minimum atomic E-state index is 0.403. The van der Waals surface area contributed by atoms with Crippen LogP contribution in [0.2, 0.25) is 0 Å². The highest BCUT2D eigenvalue weighted by molar-refractivity contribution is 7.78. The Hall–Kier alpha value is -2.11. The number of para-hydroxylation sites is 1. The molecular weight excluding hydrogens is 226 g/mol. The lowest BCUT2D eigenvalue weighted by Gasteiger charge is -2.01. The number of nitrogens with zero attached hydrogens (tertiary/aromatic N) is 1. The normalized spacial score (nSPS) is 10.5. The Balaban J connectivity index is 2.15. The molecule has 0 aromatic heterocycles. The Bertz CT molecular complexity index is 562. The highest BCUT2D eigenvalue weighted by Gasteiger charge is 1.83. The predicted molar refractivity (Wildman–Crippen MR) is 74.2 cm³/mol. The molecule has 2 aromatic rings. The molecule has 0 N–H and O–H groups in total. The van der Waals surface area contributed by atoms with Crippen molar-refractivity contribution < 1.29 is 0 Å². The van der Waals surface area contributed by atoms with Gasteiger partial charge in [-0.25, -0.2) is 0 Å². The van der Waals surface area contributed by atoms with Crippen molar-refractivity contribution in [3.63, 3.8) is 0 Å². The fraction of sp³-hybridized carbons (Fsp3) is 0. The monoisotopic (exact) mass is 236 g/mol. The summed E-state index contributed by atoms with van der Waals surface area (Å²) in [5.74, 6) is 5.84. The van der Waals surface area contributed by atoms with E-state index in [2.05, 4.69) is 16.8 Å². The fourth-order valence-electron chi connectivity index (χ4n) is 1.29. The number of benzene rings is 2. The molecule has 0 fully saturated rings. The molecule has 2 aromatic carbocycles. The summed E-state index contributed by atoms with van der Waals surface area (Å²) >= 11 is 5.09. The summed E-state index contributed by atoms with van der Waals surface area (Å²) in [7, 11) is 0. The molecule has 2 heteroatoms. The third kappa shape index (κ3) is 3.75. The van der Waals surface area contributed by atoms with Crippen LogP contribution in [0.1, 0.15) is 5.56 Å². The third-order valence-corrected chi connectivity index (χ3v) is 2.27. The van der Waals surface area contributed by atoms with E-state index in [0.717, 1.165) is 11.3 Å². The van der Waals surface area contributed by atoms with Crippen LogP contribution in [0.3, 0.4) is 0 Å². The Morgan fingerprint density at radius 1 is 0.882 bits per heavy atom. The molecule has 0 bridgehead atoms. The van der Waals surface area contributed by atoms with Gasteiger partial charge in [0.1, 0.15) is 0 Å². The zero-order valence-electron chi connectivity index (χ0n) is 9.13. The van der Waals surface area contributed by atoms with Crippen molar-refractivity contribution in [1.29, 1.82) is 0 Å². The summed E-state index contributed by atoms with van der Waals surface area (Å²) in [5.41, 5.74) is 1.78. The van der Waals surface area contributed by atoms with Crippen LogP contribution in [-0.2, 0) is 12.6 Å². The van der Waals surface area contributed by atoms with Crippen LogP contribution < -0.4 is 0 Å². The van der Waals surface area contributed by atoms with Gasteiger partial charge in [-0.1, -0.05) is 48.2 Å². The second-order valence-corrected chi connectivity index (χ2v) is 3.76. The van der Waals surface area contributed by atoms with E-state index in [-0.39, 0.29) is 0 Å². The van der Waals surface area contributed by atoms with Gasteiger partial charge in [-0.2, -0.15) is 0 Å². The van der Waals surface area contributed by atoms with E-state index in [1.165, 1.54) is 0 Å². The van der Waals surface area contributed by atoms with Gasteiger partial charge in [0.2, 0.25) is 0 Å². The predicted octanol–water partition coefficient (Wildman–Crippen LogP) is 3.32. The molecule has 0 spiro atoms. The maximum absolute atomic E-state index is 5.09. The molecule has 17 heavy (non-hydrogen) atoms. The van der Waals surface area contributed by atoms with E-state index in [1.807, 2.05) is 60.7 Å². The molecule has 0 heterocycles. The minimum Gasteiger partial charge on any atom is -0.751 e. The van der Waals surface area contributed by atoms with E-state index >= 15 is 0 Å². The van der Waals surface area contributed by atoms with Gasteiger partial charge in [-0.05, 0) is 29.3 Å². The number of aliphatic imine (C=N–C) groups is 1. The van der Waals surface area contributed by atoms with Crippen LogP contribution in [0.4, 0.5) is 5.69 Å². The third-order valence-electron chi connectivity index (χ3n) is 2.07. The lowest BCUT2D eigenvalue weighted by molar-refractivity contribution is 1.54. The van der Waals surface area contributed by atoms with Crippen molar-refractivity contribution in [2.45, 2.75) is 0 Å². The van der Waals surface area contributed by atoms with Crippen LogP contribution in [0.25, 0.3) is 0 Å². The SMILES string of the molecule is [S-]C(C#Cc1ccccc1)=Nc1ccccc1. The van der Waals surface area contributed by atoms with E-state index in [9.17, 15) is 0 Å². The highest BCUT2D eigenvalue weighted by Crippen LogP contribution is 2.09. The molecule has 0 unspecified atom stereocenters. The largest absolute Gasteiger partial charge is 0.751 e. The summed E-state index contributed by atoms with van der Waals surface area (Å²) in [6.45, 7) is 0. The maximum Gasteiger partial charge on any atom is 0.0618 e. The highest BCUT2D eigenvalue weighted by atomic mass is 32.1. The van der Waals surface area contributed by atoms with Crippen molar-refractivity contribution in [2.24, 2.45) is 4.99 Å². The Kier molecular flexibility index (Phi) is 3.90. The standard InChI is InChI=1S/C15H11NS/c17-15(16-14-9-5-2-6-10-14)12-11-13-7-3-1-4-8-13/h1-10H,(H,16,17)/p-1. The second-order valence-electron chi connectivity index (χ2n) is 3.37. The first-order valence-electron chi connectivity index (χ1n) is 5.22. The van der Waals surface area contributed by atoms with E-state index in [4.69, 9.17) is 12.6 Å². The van der Waals surface area contributed by atoms with Crippen molar-refractivity contribution in [3.8, 4) is 11.8 Å². The maximum atomic E-state index is 5.09. The van der Waals surface area contributed by atoms with Gasteiger partial charge in [0.25, 0.3) is 0 Å². The molecule has 0 aliphatic heterocycles. The fourth-order valence-corrected chi connectivity index (χ4v) is 1.45. The second kappa shape index (κ2) is 5.83. The Morgan fingerprint density at radius 3 is 2.12 bits per heavy atom.